The van der Waals surface area contributed by atoms with Gasteiger partial charge in [-0.05, 0) is 24.3 Å². The Balaban J connectivity index is 1.99. The summed E-state index contributed by atoms with van der Waals surface area (Å²) in [6.45, 7) is 1.47. The van der Waals surface area contributed by atoms with Crippen molar-refractivity contribution in [2.75, 3.05) is 33.8 Å². The van der Waals surface area contributed by atoms with Crippen LogP contribution in [0, 0.1) is 0 Å². The van der Waals surface area contributed by atoms with Crippen molar-refractivity contribution in [3.63, 3.8) is 0 Å². The van der Waals surface area contributed by atoms with Gasteiger partial charge in [-0.15, -0.1) is 0 Å². The Morgan fingerprint density at radius 1 is 0.879 bits per heavy atom. The van der Waals surface area contributed by atoms with Crippen LogP contribution in [-0.4, -0.2) is 43.7 Å². The highest BCUT2D eigenvalue weighted by atomic mass is 16.5. The Labute approximate surface area is 191 Å². The van der Waals surface area contributed by atoms with Gasteiger partial charge in [0.05, 0.1) is 46.0 Å². The zero-order valence-corrected chi connectivity index (χ0v) is 19.1. The summed E-state index contributed by atoms with van der Waals surface area (Å²) >= 11 is 0. The Kier molecular flexibility index (Phi) is 6.08. The van der Waals surface area contributed by atoms with E-state index in [-0.39, 0.29) is 5.91 Å². The molecule has 0 fully saturated rings. The largest absolute Gasteiger partial charge is 0.496 e. The molecule has 8 heteroatoms. The molecule has 0 aliphatic heterocycles. The zero-order chi connectivity index (χ0) is 23.5. The van der Waals surface area contributed by atoms with E-state index in [2.05, 4.69) is 10.3 Å². The molecule has 2 aromatic heterocycles. The average Bonchev–Trinajstić information content (AvgIpc) is 3.27. The number of imidazole rings is 1. The van der Waals surface area contributed by atoms with Gasteiger partial charge >= 0.3 is 0 Å². The predicted octanol–water partition coefficient (Wildman–Crippen LogP) is 4.66. The highest BCUT2D eigenvalue weighted by Crippen LogP contribution is 2.42. The molecule has 4 rings (SSSR count). The van der Waals surface area contributed by atoms with Crippen LogP contribution < -0.4 is 24.3 Å². The third-order valence-electron chi connectivity index (χ3n) is 5.29. The third-order valence-corrected chi connectivity index (χ3v) is 5.29. The van der Waals surface area contributed by atoms with Gasteiger partial charge in [0, 0.05) is 29.8 Å². The van der Waals surface area contributed by atoms with E-state index in [1.807, 2.05) is 53.1 Å². The molecular formula is C25H25N3O5. The maximum atomic E-state index is 11.9. The number of hydrogen-bond donors (Lipinski definition) is 1. The molecule has 0 saturated heterocycles. The fourth-order valence-corrected chi connectivity index (χ4v) is 3.84. The Hall–Kier alpha value is -4.20. The summed E-state index contributed by atoms with van der Waals surface area (Å²) in [7, 11) is 6.34. The molecule has 2 heterocycles. The fourth-order valence-electron chi connectivity index (χ4n) is 3.84. The number of aromatic nitrogens is 2. The minimum absolute atomic E-state index is 0.189. The van der Waals surface area contributed by atoms with Crippen molar-refractivity contribution in [1.82, 2.24) is 9.38 Å². The topological polar surface area (TPSA) is 83.3 Å². The molecule has 33 heavy (non-hydrogen) atoms. The smallest absolute Gasteiger partial charge is 0.221 e. The Morgan fingerprint density at radius 3 is 2.15 bits per heavy atom. The quantitative estimate of drug-likeness (QED) is 0.444. The molecule has 1 amide bonds. The van der Waals surface area contributed by atoms with E-state index in [1.54, 1.807) is 34.6 Å². The summed E-state index contributed by atoms with van der Waals surface area (Å²) in [5, 5.41) is 2.89. The predicted molar refractivity (Wildman–Crippen MR) is 127 cm³/mol. The molecule has 170 valence electrons. The lowest BCUT2D eigenvalue weighted by molar-refractivity contribution is -0.114. The molecule has 1 N–H and O–H groups in total. The molecular weight excluding hydrogens is 422 g/mol. The van der Waals surface area contributed by atoms with Crippen LogP contribution >= 0.6 is 0 Å². The molecule has 0 saturated carbocycles. The molecule has 0 aliphatic rings. The molecule has 0 unspecified atom stereocenters. The number of nitrogens with one attached hydrogen (secondary N) is 1. The normalized spacial score (nSPS) is 10.7. The van der Waals surface area contributed by atoms with E-state index in [0.717, 1.165) is 28.1 Å². The van der Waals surface area contributed by atoms with Crippen LogP contribution in [0.15, 0.2) is 54.9 Å². The van der Waals surface area contributed by atoms with Crippen molar-refractivity contribution < 1.29 is 23.7 Å². The first kappa shape index (κ1) is 22.0. The first-order chi connectivity index (χ1) is 16.0. The Morgan fingerprint density at radius 2 is 1.55 bits per heavy atom. The maximum Gasteiger partial charge on any atom is 0.221 e. The second kappa shape index (κ2) is 9.12. The molecule has 8 nitrogen and oxygen atoms in total. The molecule has 0 bridgehead atoms. The van der Waals surface area contributed by atoms with E-state index in [9.17, 15) is 4.79 Å². The van der Waals surface area contributed by atoms with E-state index in [1.165, 1.54) is 6.92 Å². The second-order valence-electron chi connectivity index (χ2n) is 7.27. The minimum Gasteiger partial charge on any atom is -0.496 e. The van der Waals surface area contributed by atoms with Gasteiger partial charge in [-0.3, -0.25) is 9.20 Å². The van der Waals surface area contributed by atoms with Gasteiger partial charge in [0.25, 0.3) is 0 Å². The van der Waals surface area contributed by atoms with Crippen molar-refractivity contribution in [2.24, 2.45) is 0 Å². The lowest BCUT2D eigenvalue weighted by atomic mass is 10.1. The first-order valence-electron chi connectivity index (χ1n) is 10.2. The van der Waals surface area contributed by atoms with Crippen LogP contribution in [0.3, 0.4) is 0 Å². The number of methoxy groups -OCH3 is 4. The van der Waals surface area contributed by atoms with E-state index >= 15 is 0 Å². The fraction of sp³-hybridized carbons (Fsp3) is 0.200. The van der Waals surface area contributed by atoms with Crippen LogP contribution in [0.5, 0.6) is 23.0 Å². The summed E-state index contributed by atoms with van der Waals surface area (Å²) in [4.78, 5) is 16.5. The summed E-state index contributed by atoms with van der Waals surface area (Å²) in [5.74, 6) is 2.10. The number of benzene rings is 2. The van der Waals surface area contributed by atoms with Crippen LogP contribution in [0.4, 0.5) is 5.69 Å². The van der Waals surface area contributed by atoms with Gasteiger partial charge in [0.2, 0.25) is 11.7 Å². The van der Waals surface area contributed by atoms with Crippen molar-refractivity contribution >= 4 is 17.2 Å². The van der Waals surface area contributed by atoms with Crippen molar-refractivity contribution in [3.8, 4) is 45.4 Å². The number of amides is 1. The molecule has 0 spiro atoms. The zero-order valence-electron chi connectivity index (χ0n) is 19.1. The van der Waals surface area contributed by atoms with Gasteiger partial charge in [-0.1, -0.05) is 18.2 Å². The Bertz CT molecular complexity index is 1300. The highest BCUT2D eigenvalue weighted by molar-refractivity contribution is 5.95. The molecule has 0 atom stereocenters. The molecule has 2 aromatic carbocycles. The first-order valence-corrected chi connectivity index (χ1v) is 10.2. The maximum absolute atomic E-state index is 11.9. The monoisotopic (exact) mass is 447 g/mol. The van der Waals surface area contributed by atoms with Crippen molar-refractivity contribution in [2.45, 2.75) is 6.92 Å². The number of carbonyl (C=O) groups excluding carboxylic acids is 1. The number of carbonyl (C=O) groups is 1. The SMILES string of the molecule is COc1ccccc1-c1cc(NC(C)=O)c2ncc(-c3cc(OC)c(OC)c(OC)c3)n2c1. The number of rotatable bonds is 7. The lowest BCUT2D eigenvalue weighted by Crippen LogP contribution is -2.08. The van der Waals surface area contributed by atoms with Crippen LogP contribution in [0.1, 0.15) is 6.92 Å². The van der Waals surface area contributed by atoms with Crippen LogP contribution in [-0.2, 0) is 4.79 Å². The van der Waals surface area contributed by atoms with Crippen LogP contribution in [0.2, 0.25) is 0 Å². The lowest BCUT2D eigenvalue weighted by Gasteiger charge is -2.15. The van der Waals surface area contributed by atoms with Gasteiger partial charge < -0.3 is 24.3 Å². The second-order valence-corrected chi connectivity index (χ2v) is 7.27. The third kappa shape index (κ3) is 4.03. The number of ether oxygens (including phenoxy) is 4. The number of pyridine rings is 1. The molecule has 0 radical (unpaired) electrons. The van der Waals surface area contributed by atoms with E-state index in [4.69, 9.17) is 18.9 Å². The summed E-state index contributed by atoms with van der Waals surface area (Å²) in [6.07, 6.45) is 3.71. The number of para-hydroxylation sites is 1. The highest BCUT2D eigenvalue weighted by Gasteiger charge is 2.19. The summed E-state index contributed by atoms with van der Waals surface area (Å²) < 4.78 is 24.0. The molecule has 0 aliphatic carbocycles. The number of nitrogens with zero attached hydrogens (tertiary/aromatic N) is 2. The average molecular weight is 447 g/mol. The van der Waals surface area contributed by atoms with Crippen molar-refractivity contribution in [1.29, 1.82) is 0 Å². The standard InChI is InChI=1S/C25H25N3O5/c1-15(29)27-19-10-17(18-8-6-7-9-21(18)30-2)14-28-20(13-26-25(19)28)16-11-22(31-3)24(33-5)23(12-16)32-4/h6-14H,1-5H3,(H,27,29). The molecule has 4 aromatic rings. The summed E-state index contributed by atoms with van der Waals surface area (Å²) in [6, 6.07) is 13.3. The summed E-state index contributed by atoms with van der Waals surface area (Å²) in [5.41, 5.74) is 4.53. The number of anilines is 1. The van der Waals surface area contributed by atoms with E-state index < -0.39 is 0 Å². The van der Waals surface area contributed by atoms with E-state index in [0.29, 0.717) is 28.6 Å². The van der Waals surface area contributed by atoms with Gasteiger partial charge in [-0.25, -0.2) is 4.98 Å². The van der Waals surface area contributed by atoms with Gasteiger partial charge in [0.1, 0.15) is 5.75 Å². The van der Waals surface area contributed by atoms with Gasteiger partial charge in [0.15, 0.2) is 17.1 Å². The number of fused-ring (bicyclic) bond motifs is 1. The van der Waals surface area contributed by atoms with Gasteiger partial charge in [-0.2, -0.15) is 0 Å². The number of hydrogen-bond acceptors (Lipinski definition) is 6. The minimum atomic E-state index is -0.189. The van der Waals surface area contributed by atoms with Crippen molar-refractivity contribution in [3.05, 3.63) is 54.9 Å². The van der Waals surface area contributed by atoms with Crippen LogP contribution in [0.25, 0.3) is 28.0 Å².